The van der Waals surface area contributed by atoms with Crippen LogP contribution in [0.25, 0.3) is 0 Å². The van der Waals surface area contributed by atoms with Crippen molar-refractivity contribution >= 4 is 22.9 Å². The molecule has 1 aromatic heterocycles. The van der Waals surface area contributed by atoms with Crippen molar-refractivity contribution in [2.45, 2.75) is 44.1 Å². The molecular formula is C21H28N2O2S. The van der Waals surface area contributed by atoms with Gasteiger partial charge in [-0.3, -0.25) is 4.79 Å². The van der Waals surface area contributed by atoms with Crippen LogP contribution in [0, 0.1) is 0 Å². The van der Waals surface area contributed by atoms with Gasteiger partial charge in [-0.2, -0.15) is 0 Å². The summed E-state index contributed by atoms with van der Waals surface area (Å²) < 4.78 is 0. The number of carbonyl (C=O) groups is 1. The van der Waals surface area contributed by atoms with E-state index in [2.05, 4.69) is 11.4 Å². The number of carbonyl (C=O) groups excluding carboxylic acids is 1. The Kier molecular flexibility index (Phi) is 5.68. The monoisotopic (exact) mass is 372 g/mol. The van der Waals surface area contributed by atoms with E-state index in [-0.39, 0.29) is 11.3 Å². The molecule has 0 saturated heterocycles. The Morgan fingerprint density at radius 1 is 1.27 bits per heavy atom. The summed E-state index contributed by atoms with van der Waals surface area (Å²) in [6, 6.07) is 11.9. The lowest BCUT2D eigenvalue weighted by atomic mass is 9.84. The zero-order valence-corrected chi connectivity index (χ0v) is 16.6. The fraction of sp³-hybridized carbons (Fsp3) is 0.476. The number of hydrogen-bond donors (Lipinski definition) is 2. The van der Waals surface area contributed by atoms with Gasteiger partial charge in [0.25, 0.3) is 5.91 Å². The molecule has 140 valence electrons. The van der Waals surface area contributed by atoms with Crippen molar-refractivity contribution in [3.05, 3.63) is 51.7 Å². The van der Waals surface area contributed by atoms with Gasteiger partial charge in [-0.15, -0.1) is 11.3 Å². The van der Waals surface area contributed by atoms with Gasteiger partial charge in [0.15, 0.2) is 0 Å². The number of nitrogens with zero attached hydrogens (tertiary/aromatic N) is 1. The molecule has 1 atom stereocenters. The van der Waals surface area contributed by atoms with Gasteiger partial charge in [0.2, 0.25) is 0 Å². The Morgan fingerprint density at radius 3 is 2.62 bits per heavy atom. The fourth-order valence-corrected chi connectivity index (χ4v) is 4.89. The van der Waals surface area contributed by atoms with Crippen LogP contribution in [-0.4, -0.2) is 31.7 Å². The molecule has 2 aromatic rings. The van der Waals surface area contributed by atoms with Crippen LogP contribution in [0.5, 0.6) is 0 Å². The predicted molar refractivity (Wildman–Crippen MR) is 108 cm³/mol. The first-order chi connectivity index (χ1) is 12.4. The summed E-state index contributed by atoms with van der Waals surface area (Å²) in [6.45, 7) is 2.45. The molecule has 2 N–H and O–H groups in total. The standard InChI is InChI=1S/C21H28N2O2S/c1-15(24)18-9-10-19(26-18)21(11-4-5-12-21)14-22-20(25)16-7-6-8-17(13-16)23(2)3/h6-10,13,15,24H,4-5,11-12,14H2,1-3H3,(H,22,25)/t15-/m0/s1. The number of amides is 1. The van der Waals surface area contributed by atoms with E-state index in [1.54, 1.807) is 18.3 Å². The molecule has 26 heavy (non-hydrogen) atoms. The van der Waals surface area contributed by atoms with Gasteiger partial charge in [-0.25, -0.2) is 0 Å². The number of anilines is 1. The van der Waals surface area contributed by atoms with Crippen LogP contribution in [-0.2, 0) is 5.41 Å². The number of aliphatic hydroxyl groups excluding tert-OH is 1. The molecule has 4 nitrogen and oxygen atoms in total. The van der Waals surface area contributed by atoms with Gasteiger partial charge in [-0.1, -0.05) is 18.9 Å². The molecule has 0 spiro atoms. The van der Waals surface area contributed by atoms with E-state index >= 15 is 0 Å². The van der Waals surface area contributed by atoms with Crippen molar-refractivity contribution < 1.29 is 9.90 Å². The second kappa shape index (κ2) is 7.80. The van der Waals surface area contributed by atoms with Gasteiger partial charge in [0.05, 0.1) is 6.10 Å². The van der Waals surface area contributed by atoms with Gasteiger partial charge in [0.1, 0.15) is 0 Å². The van der Waals surface area contributed by atoms with Crippen molar-refractivity contribution in [2.24, 2.45) is 0 Å². The highest BCUT2D eigenvalue weighted by atomic mass is 32.1. The van der Waals surface area contributed by atoms with Crippen LogP contribution in [0.2, 0.25) is 0 Å². The maximum Gasteiger partial charge on any atom is 0.251 e. The van der Waals surface area contributed by atoms with E-state index in [1.807, 2.05) is 49.3 Å². The van der Waals surface area contributed by atoms with Gasteiger partial charge >= 0.3 is 0 Å². The van der Waals surface area contributed by atoms with Crippen LogP contribution in [0.15, 0.2) is 36.4 Å². The van der Waals surface area contributed by atoms with Crippen molar-refractivity contribution in [1.82, 2.24) is 5.32 Å². The van der Waals surface area contributed by atoms with Crippen molar-refractivity contribution in [3.8, 4) is 0 Å². The summed E-state index contributed by atoms with van der Waals surface area (Å²) in [4.78, 5) is 17.0. The number of thiophene rings is 1. The first kappa shape index (κ1) is 18.9. The molecular weight excluding hydrogens is 344 g/mol. The normalized spacial score (nSPS) is 17.1. The molecule has 0 unspecified atom stereocenters. The largest absolute Gasteiger partial charge is 0.388 e. The number of hydrogen-bond acceptors (Lipinski definition) is 4. The number of benzene rings is 1. The Hall–Kier alpha value is -1.85. The van der Waals surface area contributed by atoms with Crippen LogP contribution in [0.3, 0.4) is 0 Å². The fourth-order valence-electron chi connectivity index (χ4n) is 3.70. The van der Waals surface area contributed by atoms with Crippen LogP contribution < -0.4 is 10.2 Å². The minimum atomic E-state index is -0.435. The molecule has 1 saturated carbocycles. The summed E-state index contributed by atoms with van der Waals surface area (Å²) in [5.74, 6) is -0.0210. The van der Waals surface area contributed by atoms with Crippen molar-refractivity contribution in [2.75, 3.05) is 25.5 Å². The summed E-state index contributed by atoms with van der Waals surface area (Å²) in [7, 11) is 3.95. The first-order valence-corrected chi connectivity index (χ1v) is 10.1. The highest BCUT2D eigenvalue weighted by molar-refractivity contribution is 7.12. The van der Waals surface area contributed by atoms with Crippen molar-refractivity contribution in [1.29, 1.82) is 0 Å². The molecule has 1 aliphatic carbocycles. The molecule has 1 fully saturated rings. The van der Waals surface area contributed by atoms with Crippen LogP contribution in [0.1, 0.15) is 58.8 Å². The lowest BCUT2D eigenvalue weighted by Crippen LogP contribution is -2.38. The second-order valence-electron chi connectivity index (χ2n) is 7.49. The van der Waals surface area contributed by atoms with E-state index < -0.39 is 6.10 Å². The molecule has 1 heterocycles. The lowest BCUT2D eigenvalue weighted by molar-refractivity contribution is 0.0943. The summed E-state index contributed by atoms with van der Waals surface area (Å²) in [6.07, 6.45) is 4.12. The summed E-state index contributed by atoms with van der Waals surface area (Å²) >= 11 is 1.68. The van der Waals surface area contributed by atoms with Crippen LogP contribution in [0.4, 0.5) is 5.69 Å². The number of aliphatic hydroxyl groups is 1. The Labute approximate surface area is 159 Å². The maximum atomic E-state index is 12.7. The van der Waals surface area contributed by atoms with E-state index in [1.165, 1.54) is 17.7 Å². The molecule has 0 aliphatic heterocycles. The van der Waals surface area contributed by atoms with Gasteiger partial charge < -0.3 is 15.3 Å². The van der Waals surface area contributed by atoms with E-state index in [9.17, 15) is 9.90 Å². The number of nitrogens with one attached hydrogen (secondary N) is 1. The highest BCUT2D eigenvalue weighted by Gasteiger charge is 2.37. The quantitative estimate of drug-likeness (QED) is 0.802. The predicted octanol–water partition coefficient (Wildman–Crippen LogP) is 4.11. The smallest absolute Gasteiger partial charge is 0.251 e. The molecule has 1 amide bonds. The minimum Gasteiger partial charge on any atom is -0.388 e. The zero-order chi connectivity index (χ0) is 18.7. The lowest BCUT2D eigenvalue weighted by Gasteiger charge is -2.28. The summed E-state index contributed by atoms with van der Waals surface area (Å²) in [5, 5.41) is 13.0. The van der Waals surface area contributed by atoms with Gasteiger partial charge in [-0.05, 0) is 50.1 Å². The topological polar surface area (TPSA) is 52.6 Å². The Morgan fingerprint density at radius 2 is 2.00 bits per heavy atom. The molecule has 3 rings (SSSR count). The third-order valence-corrected chi connectivity index (χ3v) is 6.84. The second-order valence-corrected chi connectivity index (χ2v) is 8.61. The Bertz CT molecular complexity index is 761. The van der Waals surface area contributed by atoms with Crippen molar-refractivity contribution in [3.63, 3.8) is 0 Å². The Balaban J connectivity index is 1.74. The molecule has 1 aliphatic rings. The average molecular weight is 373 g/mol. The first-order valence-electron chi connectivity index (χ1n) is 9.25. The van der Waals surface area contributed by atoms with E-state index in [0.717, 1.165) is 23.4 Å². The molecule has 5 heteroatoms. The molecule has 0 bridgehead atoms. The van der Waals surface area contributed by atoms with E-state index in [0.29, 0.717) is 12.1 Å². The number of rotatable bonds is 6. The third kappa shape index (κ3) is 3.94. The van der Waals surface area contributed by atoms with Crippen LogP contribution >= 0.6 is 11.3 Å². The average Bonchev–Trinajstić information content (AvgIpc) is 3.30. The van der Waals surface area contributed by atoms with E-state index in [4.69, 9.17) is 0 Å². The van der Waals surface area contributed by atoms with Gasteiger partial charge in [0, 0.05) is 47.1 Å². The zero-order valence-electron chi connectivity index (χ0n) is 15.8. The maximum absolute atomic E-state index is 12.7. The minimum absolute atomic E-state index is 0.00657. The summed E-state index contributed by atoms with van der Waals surface area (Å²) in [5.41, 5.74) is 1.72. The molecule has 1 aromatic carbocycles. The highest BCUT2D eigenvalue weighted by Crippen LogP contribution is 2.44. The SMILES string of the molecule is C[C@H](O)c1ccc(C2(CNC(=O)c3cccc(N(C)C)c3)CCCC2)s1. The molecule has 0 radical (unpaired) electrons. The third-order valence-electron chi connectivity index (χ3n) is 5.33.